The zero-order valence-corrected chi connectivity index (χ0v) is 30.1. The molecule has 5 heterocycles. The van der Waals surface area contributed by atoms with Crippen molar-refractivity contribution < 1.29 is 50.3 Å². The van der Waals surface area contributed by atoms with Crippen LogP contribution in [-0.4, -0.2) is 104 Å². The predicted octanol–water partition coefficient (Wildman–Crippen LogP) is 2.88. The molecule has 2 amide bonds. The minimum atomic E-state index is -3.75. The number of benzene rings is 2. The molecule has 2 N–H and O–H groups in total. The number of amides is 2. The Morgan fingerprint density at radius 2 is 1.67 bits per heavy atom. The van der Waals surface area contributed by atoms with Crippen molar-refractivity contribution >= 4 is 38.7 Å². The van der Waals surface area contributed by atoms with Crippen LogP contribution in [0.15, 0.2) is 41.2 Å². The summed E-state index contributed by atoms with van der Waals surface area (Å²) >= 11 is 0. The average molecular weight is 749 g/mol. The number of nitrogens with one attached hydrogen (secondary N) is 1. The number of halogens is 2. The molecule has 7 rings (SSSR count). The van der Waals surface area contributed by atoms with Crippen molar-refractivity contribution in [2.45, 2.75) is 69.9 Å². The van der Waals surface area contributed by atoms with Crippen molar-refractivity contribution in [3.8, 4) is 11.5 Å². The second kappa shape index (κ2) is 14.6. The Balaban J connectivity index is 0.000000192. The number of nitrogens with zero attached hydrogens (tertiary/aromatic N) is 3. The molecule has 1 fully saturated rings. The fraction of sp³-hybridized carbons (Fsp3) is 0.514. The number of likely N-dealkylation sites (tertiary alicyclic amines) is 1. The second-order valence-corrected chi connectivity index (χ2v) is 16.0. The van der Waals surface area contributed by atoms with Crippen molar-refractivity contribution in [2.75, 3.05) is 50.6 Å². The van der Waals surface area contributed by atoms with Gasteiger partial charge in [-0.1, -0.05) is 6.07 Å². The fourth-order valence-corrected chi connectivity index (χ4v) is 7.87. The van der Waals surface area contributed by atoms with Crippen LogP contribution in [-0.2, 0) is 30.3 Å². The molecule has 0 saturated carbocycles. The summed E-state index contributed by atoms with van der Waals surface area (Å²) in [5, 5.41) is 14.0. The number of pyridine rings is 1. The molecular weight excluding hydrogens is 706 g/mol. The van der Waals surface area contributed by atoms with E-state index in [1.165, 1.54) is 23.1 Å². The first-order valence-electron chi connectivity index (χ1n) is 17.0. The normalized spacial score (nSPS) is 22.8. The number of hydrogen-bond donors (Lipinski definition) is 2. The van der Waals surface area contributed by atoms with Gasteiger partial charge in [0.2, 0.25) is 5.91 Å². The van der Waals surface area contributed by atoms with E-state index >= 15 is 0 Å². The third-order valence-electron chi connectivity index (χ3n) is 9.34. The molecule has 3 aromatic rings. The van der Waals surface area contributed by atoms with E-state index in [1.54, 1.807) is 43.5 Å². The number of carbonyl (C=O) groups excluding carboxylic acids is 2. The summed E-state index contributed by atoms with van der Waals surface area (Å²) in [5.74, 6) is -1.53. The summed E-state index contributed by atoms with van der Waals surface area (Å²) < 4.78 is 73.7. The lowest BCUT2D eigenvalue weighted by Crippen LogP contribution is -2.55. The number of hydrogen-bond acceptors (Lipinski definition) is 11. The topological polar surface area (TPSA) is 166 Å². The largest absolute Gasteiger partial charge is 0.486 e. The lowest BCUT2D eigenvalue weighted by atomic mass is 9.97. The van der Waals surface area contributed by atoms with Gasteiger partial charge in [0.15, 0.2) is 23.1 Å². The molecule has 1 saturated heterocycles. The maximum absolute atomic E-state index is 14.2. The van der Waals surface area contributed by atoms with Crippen LogP contribution < -0.4 is 25.2 Å². The van der Waals surface area contributed by atoms with E-state index in [0.717, 1.165) is 18.1 Å². The molecule has 0 bridgehead atoms. The minimum Gasteiger partial charge on any atom is -0.486 e. The van der Waals surface area contributed by atoms with Crippen molar-refractivity contribution in [3.05, 3.63) is 63.9 Å². The molecule has 0 spiro atoms. The minimum absolute atomic E-state index is 0.0200. The summed E-state index contributed by atoms with van der Waals surface area (Å²) in [7, 11) is -2.69. The van der Waals surface area contributed by atoms with E-state index in [9.17, 15) is 36.7 Å². The van der Waals surface area contributed by atoms with Gasteiger partial charge in [0.05, 0.1) is 48.3 Å². The zero-order valence-electron chi connectivity index (χ0n) is 29.3. The number of aromatic nitrogens is 1. The van der Waals surface area contributed by atoms with E-state index in [0.29, 0.717) is 43.7 Å². The first kappa shape index (κ1) is 37.4. The Labute approximate surface area is 299 Å². The number of rotatable bonds is 6. The van der Waals surface area contributed by atoms with Crippen molar-refractivity contribution in [1.29, 1.82) is 0 Å². The molecule has 17 heteroatoms. The molecule has 0 radical (unpaired) electrons. The monoisotopic (exact) mass is 748 g/mol. The van der Waals surface area contributed by atoms with Crippen molar-refractivity contribution in [3.63, 3.8) is 0 Å². The van der Waals surface area contributed by atoms with Gasteiger partial charge in [0, 0.05) is 37.5 Å². The molecule has 52 heavy (non-hydrogen) atoms. The molecule has 4 aliphatic heterocycles. The molecule has 0 unspecified atom stereocenters. The van der Waals surface area contributed by atoms with E-state index in [2.05, 4.69) is 9.50 Å². The average Bonchev–Trinajstić information content (AvgIpc) is 3.08. The van der Waals surface area contributed by atoms with Crippen molar-refractivity contribution in [1.82, 2.24) is 14.8 Å². The summed E-state index contributed by atoms with van der Waals surface area (Å²) in [6.07, 6.45) is -0.0316. The van der Waals surface area contributed by atoms with Gasteiger partial charge < -0.3 is 29.5 Å². The standard InChI is InChI=1S/C22H28FN3O5.C13H14FNO5S/c1-22(2,3)31-21(29)24-16-8-9-25(11-17(16)27)10-14-12-30-20-15(23)6-4-13-5-7-18(28)26(14)19(13)20;1-19-21(17,18)7-9-6-20-13-10(14)4-2-8-3-5-11(16)15(9)12(8)13/h4-7,14,16-17,27H,8-12H2,1-3H3,(H,24,29);2,4,9H,3,5-7H2,1H3/t14-,16+,17-;9-/m10/s1. The number of aliphatic hydroxyl groups is 1. The Hall–Kier alpha value is -4.32. The maximum atomic E-state index is 14.2. The van der Waals surface area contributed by atoms with E-state index < -0.39 is 51.6 Å². The predicted molar refractivity (Wildman–Crippen MR) is 185 cm³/mol. The highest BCUT2D eigenvalue weighted by atomic mass is 32.2. The molecule has 2 aromatic carbocycles. The number of aliphatic hydroxyl groups excluding tert-OH is 1. The lowest BCUT2D eigenvalue weighted by molar-refractivity contribution is -0.119. The quantitative estimate of drug-likeness (QED) is 0.356. The van der Waals surface area contributed by atoms with Crippen LogP contribution in [0.3, 0.4) is 0 Å². The van der Waals surface area contributed by atoms with E-state index in [4.69, 9.17) is 14.2 Å². The molecule has 4 aliphatic rings. The number of carbonyl (C=O) groups is 2. The van der Waals surface area contributed by atoms with Gasteiger partial charge in [-0.15, -0.1) is 0 Å². The number of β-amino-alcohol motifs (C(OH)–C–C–N with tert-alkyl or cyclic N) is 1. The van der Waals surface area contributed by atoms with Gasteiger partial charge in [0.25, 0.3) is 15.7 Å². The van der Waals surface area contributed by atoms with E-state index in [1.807, 2.05) is 4.90 Å². The fourth-order valence-electron chi connectivity index (χ4n) is 7.02. The highest BCUT2D eigenvalue weighted by Crippen LogP contribution is 2.43. The van der Waals surface area contributed by atoms with Crippen LogP contribution >= 0.6 is 0 Å². The molecule has 1 aromatic heterocycles. The summed E-state index contributed by atoms with van der Waals surface area (Å²) in [6, 6.07) is 7.59. The van der Waals surface area contributed by atoms with Gasteiger partial charge in [-0.3, -0.25) is 23.2 Å². The smallest absolute Gasteiger partial charge is 0.407 e. The lowest BCUT2D eigenvalue weighted by Gasteiger charge is -2.40. The van der Waals surface area contributed by atoms with Crippen LogP contribution in [0.25, 0.3) is 10.9 Å². The van der Waals surface area contributed by atoms with Crippen LogP contribution in [0.5, 0.6) is 11.5 Å². The van der Waals surface area contributed by atoms with Crippen LogP contribution in [0, 0.1) is 11.6 Å². The molecule has 0 aliphatic carbocycles. The number of anilines is 1. The zero-order chi connectivity index (χ0) is 37.5. The summed E-state index contributed by atoms with van der Waals surface area (Å²) in [5.41, 5.74) is 0.778. The summed E-state index contributed by atoms with van der Waals surface area (Å²) in [6.45, 7) is 6.84. The molecule has 14 nitrogen and oxygen atoms in total. The first-order valence-corrected chi connectivity index (χ1v) is 18.5. The van der Waals surface area contributed by atoms with Crippen molar-refractivity contribution in [2.24, 2.45) is 0 Å². The Kier molecular flexibility index (Phi) is 10.5. The Morgan fingerprint density at radius 3 is 2.38 bits per heavy atom. The van der Waals surface area contributed by atoms with E-state index in [-0.39, 0.29) is 54.4 Å². The van der Waals surface area contributed by atoms with Gasteiger partial charge in [-0.05, 0) is 63.4 Å². The van der Waals surface area contributed by atoms with Gasteiger partial charge in [0.1, 0.15) is 18.8 Å². The highest BCUT2D eigenvalue weighted by molar-refractivity contribution is 7.86. The molecule has 282 valence electrons. The number of ether oxygens (including phenoxy) is 3. The maximum Gasteiger partial charge on any atom is 0.407 e. The summed E-state index contributed by atoms with van der Waals surface area (Å²) in [4.78, 5) is 40.2. The molecular formula is C35H42F2N4O10S. The number of alkyl carbamates (subject to hydrolysis) is 1. The Morgan fingerprint density at radius 1 is 1.00 bits per heavy atom. The number of piperidine rings is 1. The SMILES string of the molecule is CC(C)(C)OC(=O)N[C@H]1CCN(C[C@@H]2COc3c(F)ccc4ccc(=O)n2c34)C[C@H]1O.COS(=O)(=O)C[C@@H]1COc2c(F)ccc3c2N1C(=O)CC3. The highest BCUT2D eigenvalue weighted by Gasteiger charge is 2.40. The van der Waals surface area contributed by atoms with Gasteiger partial charge in [-0.2, -0.15) is 8.42 Å². The van der Waals surface area contributed by atoms with Gasteiger partial charge >= 0.3 is 6.09 Å². The Bertz CT molecular complexity index is 2040. The third-order valence-corrected chi connectivity index (χ3v) is 10.6. The third kappa shape index (κ3) is 7.86. The van der Waals surface area contributed by atoms with Crippen LogP contribution in [0.1, 0.15) is 45.2 Å². The van der Waals surface area contributed by atoms with Gasteiger partial charge in [-0.25, -0.2) is 13.6 Å². The van der Waals surface area contributed by atoms with Crippen LogP contribution in [0.4, 0.5) is 19.3 Å². The van der Waals surface area contributed by atoms with Crippen LogP contribution in [0.2, 0.25) is 0 Å². The molecule has 4 atom stereocenters. The number of aryl methyl sites for hydroxylation is 1. The first-order chi connectivity index (χ1) is 24.5. The second-order valence-electron chi connectivity index (χ2n) is 14.2.